The molecular weight excluding hydrogens is 374 g/mol. The number of likely N-dealkylation sites (tertiary alicyclic amines) is 1. The maximum atomic E-state index is 12.3. The molecule has 1 saturated carbocycles. The lowest BCUT2D eigenvalue weighted by atomic mass is 10.0. The van der Waals surface area contributed by atoms with E-state index in [9.17, 15) is 8.42 Å². The van der Waals surface area contributed by atoms with E-state index in [1.54, 1.807) is 19.4 Å². The number of methoxy groups -OCH3 is 1. The van der Waals surface area contributed by atoms with Gasteiger partial charge in [-0.15, -0.1) is 0 Å². The van der Waals surface area contributed by atoms with Crippen LogP contribution in [0.3, 0.4) is 0 Å². The van der Waals surface area contributed by atoms with E-state index in [0.717, 1.165) is 43.7 Å². The number of pyridine rings is 1. The van der Waals surface area contributed by atoms with Gasteiger partial charge in [0, 0.05) is 12.2 Å². The van der Waals surface area contributed by atoms with Gasteiger partial charge in [-0.1, -0.05) is 12.1 Å². The second kappa shape index (κ2) is 7.72. The Hall–Kier alpha value is -2.12. The summed E-state index contributed by atoms with van der Waals surface area (Å²) in [5.74, 6) is 0.853. The third-order valence-corrected chi connectivity index (χ3v) is 7.60. The summed E-state index contributed by atoms with van der Waals surface area (Å²) in [7, 11) is -1.59. The number of benzene rings is 1. The predicted octanol–water partition coefficient (Wildman–Crippen LogP) is 3.89. The van der Waals surface area contributed by atoms with Gasteiger partial charge < -0.3 is 4.74 Å². The Morgan fingerprint density at radius 3 is 2.61 bits per heavy atom. The van der Waals surface area contributed by atoms with Gasteiger partial charge in [0.05, 0.1) is 29.8 Å². The zero-order valence-electron chi connectivity index (χ0n) is 16.3. The molecule has 1 N–H and O–H groups in total. The lowest BCUT2D eigenvalue weighted by Crippen LogP contribution is -2.27. The van der Waals surface area contributed by atoms with E-state index in [0.29, 0.717) is 5.69 Å². The van der Waals surface area contributed by atoms with Crippen LogP contribution in [0.15, 0.2) is 42.6 Å². The standard InChI is InChI=1S/C21H27N3O3S/c1-15(16-5-7-18(27-2)8-6-16)24-13-3-4-21(24)20-14-17(11-12-22-20)23-28(25,26)19-9-10-19/h5-8,11-12,14-15,19,21H,3-4,9-10,13H2,1-2H3,(H,22,23)/t15-,21+/m0/s1. The summed E-state index contributed by atoms with van der Waals surface area (Å²) in [5.41, 5.74) is 2.77. The first-order valence-corrected chi connectivity index (χ1v) is 11.4. The topological polar surface area (TPSA) is 71.5 Å². The smallest absolute Gasteiger partial charge is 0.235 e. The molecule has 2 aliphatic rings. The Kier molecular flexibility index (Phi) is 5.29. The van der Waals surface area contributed by atoms with Crippen LogP contribution in [0.2, 0.25) is 0 Å². The molecule has 2 fully saturated rings. The number of nitrogens with one attached hydrogen (secondary N) is 1. The van der Waals surface area contributed by atoms with Crippen LogP contribution in [0.4, 0.5) is 5.69 Å². The molecule has 2 atom stereocenters. The summed E-state index contributed by atoms with van der Waals surface area (Å²) < 4.78 is 32.5. The first-order chi connectivity index (χ1) is 13.5. The van der Waals surface area contributed by atoms with E-state index in [-0.39, 0.29) is 17.3 Å². The Morgan fingerprint density at radius 1 is 1.18 bits per heavy atom. The van der Waals surface area contributed by atoms with Gasteiger partial charge in [0.15, 0.2) is 0 Å². The quantitative estimate of drug-likeness (QED) is 0.762. The molecule has 0 amide bonds. The van der Waals surface area contributed by atoms with Crippen molar-refractivity contribution in [3.05, 3.63) is 53.9 Å². The maximum Gasteiger partial charge on any atom is 0.235 e. The van der Waals surface area contributed by atoms with Gasteiger partial charge in [0.2, 0.25) is 10.0 Å². The van der Waals surface area contributed by atoms with E-state index in [2.05, 4.69) is 33.7 Å². The Balaban J connectivity index is 1.53. The minimum Gasteiger partial charge on any atom is -0.497 e. The molecule has 7 heteroatoms. The van der Waals surface area contributed by atoms with Gasteiger partial charge in [-0.25, -0.2) is 8.42 Å². The average molecular weight is 402 g/mol. The van der Waals surface area contributed by atoms with Crippen LogP contribution in [0.25, 0.3) is 0 Å². The molecule has 0 unspecified atom stereocenters. The number of sulfonamides is 1. The summed E-state index contributed by atoms with van der Waals surface area (Å²) in [6.45, 7) is 3.21. The number of hydrogen-bond acceptors (Lipinski definition) is 5. The zero-order chi connectivity index (χ0) is 19.7. The van der Waals surface area contributed by atoms with Crippen molar-refractivity contribution < 1.29 is 13.2 Å². The van der Waals surface area contributed by atoms with E-state index in [1.165, 1.54) is 5.56 Å². The summed E-state index contributed by atoms with van der Waals surface area (Å²) in [4.78, 5) is 7.02. The van der Waals surface area contributed by atoms with Crippen molar-refractivity contribution in [2.24, 2.45) is 0 Å². The minimum absolute atomic E-state index is 0.183. The van der Waals surface area contributed by atoms with Gasteiger partial charge in [-0.3, -0.25) is 14.6 Å². The first-order valence-electron chi connectivity index (χ1n) is 9.85. The molecular formula is C21H27N3O3S. The SMILES string of the molecule is COc1ccc([C@H](C)N2CCC[C@@H]2c2cc(NS(=O)(=O)C3CC3)ccn2)cc1. The van der Waals surface area contributed by atoms with Crippen LogP contribution in [0.5, 0.6) is 5.75 Å². The lowest BCUT2D eigenvalue weighted by Gasteiger charge is -2.31. The Labute approximate surface area is 167 Å². The Bertz CT molecular complexity index is 926. The fourth-order valence-corrected chi connectivity index (χ4v) is 5.34. The molecule has 1 aliphatic heterocycles. The largest absolute Gasteiger partial charge is 0.497 e. The van der Waals surface area contributed by atoms with Crippen molar-refractivity contribution in [2.75, 3.05) is 18.4 Å². The summed E-state index contributed by atoms with van der Waals surface area (Å²) >= 11 is 0. The van der Waals surface area contributed by atoms with Gasteiger partial charge in [-0.05, 0) is 69.0 Å². The predicted molar refractivity (Wildman–Crippen MR) is 110 cm³/mol. The molecule has 2 heterocycles. The molecule has 2 aromatic rings. The van der Waals surface area contributed by atoms with Crippen LogP contribution in [-0.2, 0) is 10.0 Å². The normalized spacial score (nSPS) is 21.4. The number of rotatable bonds is 7. The molecule has 150 valence electrons. The molecule has 6 nitrogen and oxygen atoms in total. The highest BCUT2D eigenvalue weighted by Crippen LogP contribution is 2.39. The van der Waals surface area contributed by atoms with E-state index in [1.807, 2.05) is 18.2 Å². The van der Waals surface area contributed by atoms with Gasteiger partial charge >= 0.3 is 0 Å². The Morgan fingerprint density at radius 2 is 1.93 bits per heavy atom. The van der Waals surface area contributed by atoms with Crippen molar-refractivity contribution >= 4 is 15.7 Å². The second-order valence-electron chi connectivity index (χ2n) is 7.66. The van der Waals surface area contributed by atoms with Crippen LogP contribution < -0.4 is 9.46 Å². The van der Waals surface area contributed by atoms with E-state index < -0.39 is 10.0 Å². The summed E-state index contributed by atoms with van der Waals surface area (Å²) in [6.07, 6.45) is 5.33. The molecule has 28 heavy (non-hydrogen) atoms. The van der Waals surface area contributed by atoms with E-state index >= 15 is 0 Å². The molecule has 1 aromatic heterocycles. The first kappa shape index (κ1) is 19.2. The number of hydrogen-bond donors (Lipinski definition) is 1. The molecule has 1 aromatic carbocycles. The number of anilines is 1. The fraction of sp³-hybridized carbons (Fsp3) is 0.476. The van der Waals surface area contributed by atoms with Gasteiger partial charge in [-0.2, -0.15) is 0 Å². The van der Waals surface area contributed by atoms with Crippen LogP contribution in [0.1, 0.15) is 55.9 Å². The number of nitrogens with zero attached hydrogens (tertiary/aromatic N) is 2. The van der Waals surface area contributed by atoms with Gasteiger partial charge in [0.1, 0.15) is 5.75 Å². The minimum atomic E-state index is -3.26. The van der Waals surface area contributed by atoms with Crippen LogP contribution >= 0.6 is 0 Å². The van der Waals surface area contributed by atoms with Crippen molar-refractivity contribution in [3.63, 3.8) is 0 Å². The average Bonchev–Trinajstić information content (AvgIpc) is 3.46. The fourth-order valence-electron chi connectivity index (χ4n) is 3.96. The van der Waals surface area contributed by atoms with Gasteiger partial charge in [0.25, 0.3) is 0 Å². The second-order valence-corrected chi connectivity index (χ2v) is 9.62. The van der Waals surface area contributed by atoms with E-state index in [4.69, 9.17) is 4.74 Å². The maximum absolute atomic E-state index is 12.3. The monoisotopic (exact) mass is 401 g/mol. The van der Waals surface area contributed by atoms with Crippen molar-refractivity contribution in [3.8, 4) is 5.75 Å². The number of aromatic nitrogens is 1. The van der Waals surface area contributed by atoms with Crippen molar-refractivity contribution in [1.82, 2.24) is 9.88 Å². The third-order valence-electron chi connectivity index (χ3n) is 5.74. The molecule has 0 bridgehead atoms. The van der Waals surface area contributed by atoms with Crippen molar-refractivity contribution in [1.29, 1.82) is 0 Å². The molecule has 1 aliphatic carbocycles. The molecule has 0 spiro atoms. The number of ether oxygens (including phenoxy) is 1. The van der Waals surface area contributed by atoms with Crippen LogP contribution in [-0.4, -0.2) is 37.2 Å². The highest BCUT2D eigenvalue weighted by Gasteiger charge is 2.36. The zero-order valence-corrected chi connectivity index (χ0v) is 17.2. The lowest BCUT2D eigenvalue weighted by molar-refractivity contribution is 0.191. The molecule has 4 rings (SSSR count). The highest BCUT2D eigenvalue weighted by molar-refractivity contribution is 7.93. The highest BCUT2D eigenvalue weighted by atomic mass is 32.2. The summed E-state index contributed by atoms with van der Waals surface area (Å²) in [5, 5.41) is -0.234. The van der Waals surface area contributed by atoms with Crippen molar-refractivity contribution in [2.45, 2.75) is 49.9 Å². The molecule has 1 saturated heterocycles. The van der Waals surface area contributed by atoms with Crippen LogP contribution in [0, 0.1) is 0 Å². The third kappa shape index (κ3) is 4.00. The molecule has 0 radical (unpaired) electrons. The summed E-state index contributed by atoms with van der Waals surface area (Å²) in [6, 6.07) is 12.2.